The van der Waals surface area contributed by atoms with Gasteiger partial charge in [-0.25, -0.2) is 0 Å². The van der Waals surface area contributed by atoms with E-state index >= 15 is 0 Å². The smallest absolute Gasteiger partial charge is 0.239 e. The summed E-state index contributed by atoms with van der Waals surface area (Å²) in [6.45, 7) is 1.72. The van der Waals surface area contributed by atoms with Crippen LogP contribution in [0.3, 0.4) is 0 Å². The molecule has 0 spiro atoms. The van der Waals surface area contributed by atoms with Crippen molar-refractivity contribution in [3.63, 3.8) is 0 Å². The normalized spacial score (nSPS) is 14.0. The van der Waals surface area contributed by atoms with Crippen molar-refractivity contribution < 1.29 is 14.4 Å². The third kappa shape index (κ3) is 4.83. The molecule has 26 heavy (non-hydrogen) atoms. The molecule has 136 valence electrons. The summed E-state index contributed by atoms with van der Waals surface area (Å²) in [5, 5.41) is 5.56. The van der Waals surface area contributed by atoms with Crippen LogP contribution in [-0.4, -0.2) is 37.2 Å². The SMILES string of the molecule is O=C1CN(c2ccc(NC(=O)CCC(=O)c3ccc(Cl)s3)cc2)CCN1. The van der Waals surface area contributed by atoms with Crippen LogP contribution < -0.4 is 15.5 Å². The Hall–Kier alpha value is -2.38. The zero-order chi connectivity index (χ0) is 18.5. The Balaban J connectivity index is 1.49. The molecule has 2 N–H and O–H groups in total. The van der Waals surface area contributed by atoms with Gasteiger partial charge >= 0.3 is 0 Å². The highest BCUT2D eigenvalue weighted by Crippen LogP contribution is 2.23. The van der Waals surface area contributed by atoms with Crippen LogP contribution in [0.1, 0.15) is 22.5 Å². The van der Waals surface area contributed by atoms with Gasteiger partial charge in [-0.1, -0.05) is 11.6 Å². The molecule has 1 saturated heterocycles. The summed E-state index contributed by atoms with van der Waals surface area (Å²) in [6.07, 6.45) is 0.256. The molecular formula is C18H18ClN3O3S. The van der Waals surface area contributed by atoms with E-state index in [2.05, 4.69) is 10.6 Å². The average molecular weight is 392 g/mol. The first-order valence-electron chi connectivity index (χ1n) is 8.21. The summed E-state index contributed by atoms with van der Waals surface area (Å²) in [6, 6.07) is 10.7. The minimum absolute atomic E-state index is 0.00493. The van der Waals surface area contributed by atoms with Crippen LogP contribution in [-0.2, 0) is 9.59 Å². The van der Waals surface area contributed by atoms with E-state index in [1.807, 2.05) is 17.0 Å². The van der Waals surface area contributed by atoms with E-state index in [0.717, 1.165) is 12.2 Å². The van der Waals surface area contributed by atoms with Crippen molar-refractivity contribution in [3.8, 4) is 0 Å². The fraction of sp³-hybridized carbons (Fsp3) is 0.278. The van der Waals surface area contributed by atoms with Gasteiger partial charge in [-0.3, -0.25) is 14.4 Å². The topological polar surface area (TPSA) is 78.5 Å². The van der Waals surface area contributed by atoms with Crippen molar-refractivity contribution in [2.75, 3.05) is 29.9 Å². The Kier molecular flexibility index (Phi) is 5.90. The van der Waals surface area contributed by atoms with Crippen LogP contribution in [0.4, 0.5) is 11.4 Å². The predicted octanol–water partition coefficient (Wildman–Crippen LogP) is 2.94. The van der Waals surface area contributed by atoms with Gasteiger partial charge in [-0.05, 0) is 36.4 Å². The molecule has 1 fully saturated rings. The van der Waals surface area contributed by atoms with Crippen molar-refractivity contribution in [1.29, 1.82) is 0 Å². The molecule has 0 atom stereocenters. The van der Waals surface area contributed by atoms with Gasteiger partial charge in [0.25, 0.3) is 0 Å². The predicted molar refractivity (Wildman–Crippen MR) is 103 cm³/mol. The van der Waals surface area contributed by atoms with Crippen molar-refractivity contribution >= 4 is 51.9 Å². The van der Waals surface area contributed by atoms with Crippen LogP contribution in [0.15, 0.2) is 36.4 Å². The van der Waals surface area contributed by atoms with Crippen molar-refractivity contribution in [1.82, 2.24) is 5.32 Å². The Labute approximate surface area is 160 Å². The molecule has 0 aliphatic carbocycles. The highest BCUT2D eigenvalue weighted by atomic mass is 35.5. The molecule has 1 aromatic heterocycles. The minimum atomic E-state index is -0.217. The number of Topliss-reactive ketones (excluding diaryl/α,β-unsaturated/α-hetero) is 1. The number of nitrogens with one attached hydrogen (secondary N) is 2. The van der Waals surface area contributed by atoms with E-state index in [4.69, 9.17) is 11.6 Å². The number of thiophene rings is 1. The molecule has 0 bridgehead atoms. The number of anilines is 2. The Bertz CT molecular complexity index is 819. The molecule has 2 aromatic rings. The maximum atomic E-state index is 12.0. The molecule has 6 nitrogen and oxygen atoms in total. The molecule has 8 heteroatoms. The lowest BCUT2D eigenvalue weighted by Gasteiger charge is -2.28. The molecule has 0 saturated carbocycles. The van der Waals surface area contributed by atoms with Crippen LogP contribution in [0.25, 0.3) is 0 Å². The largest absolute Gasteiger partial charge is 0.360 e. The van der Waals surface area contributed by atoms with E-state index in [-0.39, 0.29) is 30.4 Å². The number of benzene rings is 1. The molecule has 2 heterocycles. The maximum absolute atomic E-state index is 12.0. The third-order valence-electron chi connectivity index (χ3n) is 3.98. The average Bonchev–Trinajstić information content (AvgIpc) is 3.07. The van der Waals surface area contributed by atoms with Gasteiger partial charge < -0.3 is 15.5 Å². The number of rotatable bonds is 6. The molecule has 1 aliphatic heterocycles. The number of carbonyl (C=O) groups excluding carboxylic acids is 3. The van der Waals surface area contributed by atoms with E-state index in [1.54, 1.807) is 24.3 Å². The van der Waals surface area contributed by atoms with E-state index < -0.39 is 0 Å². The second-order valence-corrected chi connectivity index (χ2v) is 7.61. The molecular weight excluding hydrogens is 374 g/mol. The van der Waals surface area contributed by atoms with Gasteiger partial charge in [-0.2, -0.15) is 0 Å². The number of piperazine rings is 1. The van der Waals surface area contributed by atoms with Crippen molar-refractivity contribution in [2.24, 2.45) is 0 Å². The summed E-state index contributed by atoms with van der Waals surface area (Å²) in [5.41, 5.74) is 1.59. The lowest BCUT2D eigenvalue weighted by molar-refractivity contribution is -0.120. The second kappa shape index (κ2) is 8.33. The minimum Gasteiger partial charge on any atom is -0.360 e. The van der Waals surface area contributed by atoms with Gasteiger partial charge in [0, 0.05) is 37.3 Å². The summed E-state index contributed by atoms with van der Waals surface area (Å²) < 4.78 is 0.559. The fourth-order valence-electron chi connectivity index (χ4n) is 2.65. The third-order valence-corrected chi connectivity index (χ3v) is 5.25. The maximum Gasteiger partial charge on any atom is 0.239 e. The van der Waals surface area contributed by atoms with E-state index in [9.17, 15) is 14.4 Å². The standard InChI is InChI=1S/C18H18ClN3O3S/c19-16-7-6-15(26-16)14(23)5-8-17(24)21-12-1-3-13(4-2-12)22-10-9-20-18(25)11-22/h1-4,6-7H,5,8-11H2,(H,20,25)(H,21,24). The number of hydrogen-bond donors (Lipinski definition) is 2. The highest BCUT2D eigenvalue weighted by molar-refractivity contribution is 7.18. The van der Waals surface area contributed by atoms with Crippen molar-refractivity contribution in [3.05, 3.63) is 45.6 Å². The van der Waals surface area contributed by atoms with Gasteiger partial charge in [0.15, 0.2) is 5.78 Å². The Morgan fingerprint density at radius 1 is 1.15 bits per heavy atom. The van der Waals surface area contributed by atoms with E-state index in [1.165, 1.54) is 11.3 Å². The fourth-order valence-corrected chi connectivity index (χ4v) is 3.66. The number of nitrogens with zero attached hydrogens (tertiary/aromatic N) is 1. The zero-order valence-electron chi connectivity index (χ0n) is 14.0. The molecule has 2 amide bonds. The number of amides is 2. The van der Waals surface area contributed by atoms with Gasteiger partial charge in [0.1, 0.15) is 0 Å². The van der Waals surface area contributed by atoms with Crippen LogP contribution in [0, 0.1) is 0 Å². The molecule has 0 radical (unpaired) electrons. The van der Waals surface area contributed by atoms with E-state index in [0.29, 0.717) is 28.0 Å². The summed E-state index contributed by atoms with van der Waals surface area (Å²) in [4.78, 5) is 38.0. The van der Waals surface area contributed by atoms with Gasteiger partial charge in [0.2, 0.25) is 11.8 Å². The number of carbonyl (C=O) groups is 3. The van der Waals surface area contributed by atoms with Crippen LogP contribution in [0.2, 0.25) is 4.34 Å². The lowest BCUT2D eigenvalue weighted by Crippen LogP contribution is -2.47. The monoisotopic (exact) mass is 391 g/mol. The Morgan fingerprint density at radius 2 is 1.92 bits per heavy atom. The molecule has 1 aromatic carbocycles. The first-order chi connectivity index (χ1) is 12.5. The van der Waals surface area contributed by atoms with Gasteiger partial charge in [-0.15, -0.1) is 11.3 Å². The summed E-state index contributed by atoms with van der Waals surface area (Å²) in [7, 11) is 0. The van der Waals surface area contributed by atoms with Crippen LogP contribution in [0.5, 0.6) is 0 Å². The molecule has 3 rings (SSSR count). The quantitative estimate of drug-likeness (QED) is 0.742. The molecule has 0 unspecified atom stereocenters. The summed E-state index contributed by atoms with van der Waals surface area (Å²) in [5.74, 6) is -0.299. The Morgan fingerprint density at radius 3 is 2.58 bits per heavy atom. The summed E-state index contributed by atoms with van der Waals surface area (Å²) >= 11 is 7.03. The van der Waals surface area contributed by atoms with Gasteiger partial charge in [0.05, 0.1) is 15.8 Å². The number of ketones is 1. The second-order valence-electron chi connectivity index (χ2n) is 5.89. The van der Waals surface area contributed by atoms with Crippen molar-refractivity contribution in [2.45, 2.75) is 12.8 Å². The van der Waals surface area contributed by atoms with Crippen LogP contribution >= 0.6 is 22.9 Å². The lowest BCUT2D eigenvalue weighted by atomic mass is 10.2. The highest BCUT2D eigenvalue weighted by Gasteiger charge is 2.16. The first kappa shape index (κ1) is 18.4. The number of hydrogen-bond acceptors (Lipinski definition) is 5. The zero-order valence-corrected chi connectivity index (χ0v) is 15.5. The first-order valence-corrected chi connectivity index (χ1v) is 9.41. The molecule has 1 aliphatic rings. The number of halogens is 1.